The highest BCUT2D eigenvalue weighted by Gasteiger charge is 2.33. The van der Waals surface area contributed by atoms with Crippen LogP contribution >= 0.6 is 0 Å². The zero-order valence-electron chi connectivity index (χ0n) is 7.18. The molecule has 0 aromatic heterocycles. The van der Waals surface area contributed by atoms with Gasteiger partial charge in [0.05, 0.1) is 19.2 Å². The summed E-state index contributed by atoms with van der Waals surface area (Å²) in [6.45, 7) is 2.81. The normalized spacial score (nSPS) is 28.8. The second kappa shape index (κ2) is 4.40. The highest BCUT2D eigenvalue weighted by Crippen LogP contribution is 2.18. The summed E-state index contributed by atoms with van der Waals surface area (Å²) in [6.07, 6.45) is 0. The topological polar surface area (TPSA) is 38.3 Å². The number of halogens is 1. The van der Waals surface area contributed by atoms with Crippen LogP contribution in [-0.2, 0) is 9.53 Å². The monoisotopic (exact) mass is 175 g/mol. The van der Waals surface area contributed by atoms with Crippen molar-refractivity contribution in [2.75, 3.05) is 26.4 Å². The number of carbonyl (C=O) groups is 1. The fraction of sp³-hybridized carbons (Fsp3) is 0.875. The Kier molecular flexibility index (Phi) is 3.47. The average molecular weight is 175 g/mol. The second-order valence-electron chi connectivity index (χ2n) is 2.93. The largest absolute Gasteiger partial charge is 0.466 e. The summed E-state index contributed by atoms with van der Waals surface area (Å²) in [7, 11) is 0. The van der Waals surface area contributed by atoms with Crippen molar-refractivity contribution >= 4 is 5.97 Å². The van der Waals surface area contributed by atoms with Gasteiger partial charge in [-0.1, -0.05) is 0 Å². The third-order valence-corrected chi connectivity index (χ3v) is 2.13. The number of hydrogen-bond donors (Lipinski definition) is 1. The number of ether oxygens (including phenoxy) is 1. The van der Waals surface area contributed by atoms with Crippen LogP contribution in [-0.4, -0.2) is 32.3 Å². The lowest BCUT2D eigenvalue weighted by molar-refractivity contribution is -0.148. The molecule has 0 spiro atoms. The number of rotatable bonds is 3. The van der Waals surface area contributed by atoms with E-state index in [9.17, 15) is 9.18 Å². The molecule has 4 heteroatoms. The van der Waals surface area contributed by atoms with Crippen molar-refractivity contribution in [3.63, 3.8) is 0 Å². The van der Waals surface area contributed by atoms with Crippen molar-refractivity contribution in [1.82, 2.24) is 5.32 Å². The summed E-state index contributed by atoms with van der Waals surface area (Å²) in [5.74, 6) is -0.746. The summed E-state index contributed by atoms with van der Waals surface area (Å²) >= 11 is 0. The molecule has 1 aliphatic rings. The van der Waals surface area contributed by atoms with Crippen LogP contribution in [0.1, 0.15) is 6.92 Å². The molecule has 1 fully saturated rings. The first kappa shape index (κ1) is 9.45. The number of nitrogens with one attached hydrogen (secondary N) is 1. The van der Waals surface area contributed by atoms with E-state index < -0.39 is 6.67 Å². The minimum absolute atomic E-state index is 0.191. The molecule has 1 rings (SSSR count). The SMILES string of the molecule is CCOC(=O)[C@H]1CNC[C@@H]1CF. The van der Waals surface area contributed by atoms with Gasteiger partial charge in [-0.25, -0.2) is 0 Å². The lowest BCUT2D eigenvalue weighted by Crippen LogP contribution is -2.26. The quantitative estimate of drug-likeness (QED) is 0.629. The molecule has 3 nitrogen and oxygen atoms in total. The van der Waals surface area contributed by atoms with E-state index in [0.717, 1.165) is 0 Å². The number of esters is 1. The molecular formula is C8H14FNO2. The second-order valence-corrected chi connectivity index (χ2v) is 2.93. The van der Waals surface area contributed by atoms with Gasteiger partial charge in [-0.3, -0.25) is 9.18 Å². The van der Waals surface area contributed by atoms with E-state index in [1.165, 1.54) is 0 Å². The maximum atomic E-state index is 12.3. The molecule has 0 saturated carbocycles. The molecular weight excluding hydrogens is 161 g/mol. The van der Waals surface area contributed by atoms with Crippen molar-refractivity contribution in [3.8, 4) is 0 Å². The zero-order valence-corrected chi connectivity index (χ0v) is 7.18. The molecule has 0 aromatic rings. The maximum absolute atomic E-state index is 12.3. The molecule has 1 saturated heterocycles. The molecule has 0 bridgehead atoms. The first-order chi connectivity index (χ1) is 5.79. The first-order valence-corrected chi connectivity index (χ1v) is 4.23. The van der Waals surface area contributed by atoms with Gasteiger partial charge < -0.3 is 10.1 Å². The molecule has 2 atom stereocenters. The van der Waals surface area contributed by atoms with Gasteiger partial charge in [0.2, 0.25) is 0 Å². The van der Waals surface area contributed by atoms with E-state index in [2.05, 4.69) is 5.32 Å². The molecule has 1 N–H and O–H groups in total. The van der Waals surface area contributed by atoms with Crippen LogP contribution in [0.2, 0.25) is 0 Å². The Balaban J connectivity index is 2.43. The molecule has 1 heterocycles. The Morgan fingerprint density at radius 2 is 2.42 bits per heavy atom. The van der Waals surface area contributed by atoms with E-state index in [0.29, 0.717) is 19.7 Å². The van der Waals surface area contributed by atoms with E-state index in [1.54, 1.807) is 6.92 Å². The van der Waals surface area contributed by atoms with E-state index in [1.807, 2.05) is 0 Å². The number of alkyl halides is 1. The van der Waals surface area contributed by atoms with Gasteiger partial charge in [-0.05, 0) is 6.92 Å². The van der Waals surface area contributed by atoms with Gasteiger partial charge >= 0.3 is 5.97 Å². The lowest BCUT2D eigenvalue weighted by Gasteiger charge is -2.12. The van der Waals surface area contributed by atoms with Crippen LogP contribution in [0.5, 0.6) is 0 Å². The van der Waals surface area contributed by atoms with Crippen LogP contribution in [0.3, 0.4) is 0 Å². The van der Waals surface area contributed by atoms with E-state index >= 15 is 0 Å². The smallest absolute Gasteiger partial charge is 0.310 e. The fourth-order valence-corrected chi connectivity index (χ4v) is 1.42. The highest BCUT2D eigenvalue weighted by atomic mass is 19.1. The minimum atomic E-state index is -0.448. The summed E-state index contributed by atoms with van der Waals surface area (Å²) < 4.78 is 17.1. The van der Waals surface area contributed by atoms with Crippen molar-refractivity contribution in [3.05, 3.63) is 0 Å². The van der Waals surface area contributed by atoms with Gasteiger partial charge in [0.25, 0.3) is 0 Å². The highest BCUT2D eigenvalue weighted by molar-refractivity contribution is 5.73. The molecule has 0 aromatic carbocycles. The van der Waals surface area contributed by atoms with E-state index in [4.69, 9.17) is 4.74 Å². The van der Waals surface area contributed by atoms with Crippen LogP contribution < -0.4 is 5.32 Å². The predicted molar refractivity (Wildman–Crippen MR) is 42.5 cm³/mol. The fourth-order valence-electron chi connectivity index (χ4n) is 1.42. The maximum Gasteiger partial charge on any atom is 0.310 e. The van der Waals surface area contributed by atoms with Crippen LogP contribution in [0.15, 0.2) is 0 Å². The van der Waals surface area contributed by atoms with Crippen molar-refractivity contribution in [2.45, 2.75) is 6.92 Å². The van der Waals surface area contributed by atoms with Gasteiger partial charge in [0.15, 0.2) is 0 Å². The molecule has 70 valence electrons. The summed E-state index contributed by atoms with van der Waals surface area (Å²) in [4.78, 5) is 11.2. The molecule has 0 amide bonds. The van der Waals surface area contributed by atoms with Crippen molar-refractivity contribution < 1.29 is 13.9 Å². The van der Waals surface area contributed by atoms with Gasteiger partial charge in [0, 0.05) is 19.0 Å². The van der Waals surface area contributed by atoms with Gasteiger partial charge in [-0.2, -0.15) is 0 Å². The standard InChI is InChI=1S/C8H14FNO2/c1-2-12-8(11)7-5-10-4-6(7)3-9/h6-7,10H,2-5H2,1H3/t6-,7-/m0/s1. The molecule has 12 heavy (non-hydrogen) atoms. The van der Waals surface area contributed by atoms with Crippen LogP contribution in [0, 0.1) is 11.8 Å². The summed E-state index contributed by atoms with van der Waals surface area (Å²) in [5, 5.41) is 2.97. The Labute approximate surface area is 71.3 Å². The molecule has 0 unspecified atom stereocenters. The Hall–Kier alpha value is -0.640. The van der Waals surface area contributed by atoms with Gasteiger partial charge in [-0.15, -0.1) is 0 Å². The van der Waals surface area contributed by atoms with Gasteiger partial charge in [0.1, 0.15) is 0 Å². The third-order valence-electron chi connectivity index (χ3n) is 2.13. The molecule has 0 radical (unpaired) electrons. The van der Waals surface area contributed by atoms with Crippen molar-refractivity contribution in [1.29, 1.82) is 0 Å². The first-order valence-electron chi connectivity index (χ1n) is 4.23. The summed E-state index contributed by atoms with van der Waals surface area (Å²) in [5.41, 5.74) is 0. The molecule has 1 aliphatic heterocycles. The Morgan fingerprint density at radius 1 is 1.67 bits per heavy atom. The van der Waals surface area contributed by atoms with Crippen LogP contribution in [0.25, 0.3) is 0 Å². The average Bonchev–Trinajstić information content (AvgIpc) is 2.51. The predicted octanol–water partition coefficient (Wildman–Crippen LogP) is 0.355. The van der Waals surface area contributed by atoms with Crippen molar-refractivity contribution in [2.24, 2.45) is 11.8 Å². The lowest BCUT2D eigenvalue weighted by atomic mass is 9.98. The Bertz CT molecular complexity index is 163. The van der Waals surface area contributed by atoms with Crippen LogP contribution in [0.4, 0.5) is 4.39 Å². The molecule has 0 aliphatic carbocycles. The number of hydrogen-bond acceptors (Lipinski definition) is 3. The number of carbonyl (C=O) groups excluding carboxylic acids is 1. The third kappa shape index (κ3) is 1.94. The summed E-state index contributed by atoms with van der Waals surface area (Å²) in [6, 6.07) is 0. The zero-order chi connectivity index (χ0) is 8.97. The Morgan fingerprint density at radius 3 is 3.00 bits per heavy atom. The van der Waals surface area contributed by atoms with E-state index in [-0.39, 0.29) is 17.8 Å². The minimum Gasteiger partial charge on any atom is -0.466 e.